The first-order valence-corrected chi connectivity index (χ1v) is 14.3. The van der Waals surface area contributed by atoms with Crippen molar-refractivity contribution in [2.24, 2.45) is 0 Å². The summed E-state index contributed by atoms with van der Waals surface area (Å²) in [6.07, 6.45) is 0. The summed E-state index contributed by atoms with van der Waals surface area (Å²) in [6, 6.07) is 0. The Morgan fingerprint density at radius 3 is 2.27 bits per heavy atom. The molecule has 0 aromatic heterocycles. The van der Waals surface area contributed by atoms with Crippen LogP contribution in [-0.4, -0.2) is 46.7 Å². The summed E-state index contributed by atoms with van der Waals surface area (Å²) in [5, 5.41) is 0. The lowest BCUT2D eigenvalue weighted by molar-refractivity contribution is 0.336. The lowest BCUT2D eigenvalue weighted by Crippen LogP contribution is -2.45. The lowest BCUT2D eigenvalue weighted by Gasteiger charge is -2.28. The molecule has 0 saturated heterocycles. The second-order valence-electron chi connectivity index (χ2n) is 3.31. The van der Waals surface area contributed by atoms with Crippen LogP contribution in [0.15, 0.2) is 0 Å². The van der Waals surface area contributed by atoms with Crippen LogP contribution in [-0.2, 0) is 16.5 Å². The van der Waals surface area contributed by atoms with Gasteiger partial charge in [0.2, 0.25) is 19.5 Å². The molecule has 15 heavy (non-hydrogen) atoms. The van der Waals surface area contributed by atoms with Gasteiger partial charge < -0.3 is 16.5 Å². The molecular formula is C6H19O4Si5. The van der Waals surface area contributed by atoms with Crippen LogP contribution < -0.4 is 0 Å². The minimum absolute atomic E-state index is 0.489. The highest BCUT2D eigenvalue weighted by Crippen LogP contribution is 2.10. The summed E-state index contributed by atoms with van der Waals surface area (Å²) < 4.78 is 22.7. The van der Waals surface area contributed by atoms with Crippen LogP contribution in [0.5, 0.6) is 0 Å². The number of hydrogen-bond acceptors (Lipinski definition) is 4. The van der Waals surface area contributed by atoms with Gasteiger partial charge in [-0.15, -0.1) is 0 Å². The summed E-state index contributed by atoms with van der Waals surface area (Å²) in [5.74, 6) is 0. The molecule has 9 heteroatoms. The highest BCUT2D eigenvalue weighted by atomic mass is 28.5. The fraction of sp³-hybridized carbons (Fsp3) is 1.00. The molecule has 0 bridgehead atoms. The minimum atomic E-state index is -2.04. The molecule has 0 fully saturated rings. The third-order valence-electron chi connectivity index (χ3n) is 1.37. The smallest absolute Gasteiger partial charge is 0.360 e. The van der Waals surface area contributed by atoms with E-state index in [4.69, 9.17) is 16.5 Å². The van der Waals surface area contributed by atoms with E-state index in [9.17, 15) is 0 Å². The van der Waals surface area contributed by atoms with Crippen molar-refractivity contribution in [1.29, 1.82) is 0 Å². The van der Waals surface area contributed by atoms with E-state index in [1.807, 2.05) is 26.2 Å². The predicted molar refractivity (Wildman–Crippen MR) is 69.7 cm³/mol. The first-order chi connectivity index (χ1) is 6.91. The third-order valence-corrected chi connectivity index (χ3v) is 12.3. The van der Waals surface area contributed by atoms with E-state index in [2.05, 4.69) is 13.1 Å². The predicted octanol–water partition coefficient (Wildman–Crippen LogP) is 1.06. The van der Waals surface area contributed by atoms with Crippen LogP contribution in [0.25, 0.3) is 0 Å². The molecule has 1 unspecified atom stereocenters. The molecule has 87 valence electrons. The third kappa shape index (κ3) is 8.70. The van der Waals surface area contributed by atoms with Gasteiger partial charge in [-0.05, 0) is 39.3 Å². The van der Waals surface area contributed by atoms with Crippen molar-refractivity contribution in [3.05, 3.63) is 0 Å². The Balaban J connectivity index is 3.94. The van der Waals surface area contributed by atoms with Crippen molar-refractivity contribution in [1.82, 2.24) is 0 Å². The van der Waals surface area contributed by atoms with E-state index in [1.165, 1.54) is 0 Å². The molecule has 4 nitrogen and oxygen atoms in total. The molecule has 0 spiro atoms. The van der Waals surface area contributed by atoms with E-state index in [0.29, 0.717) is 19.5 Å². The van der Waals surface area contributed by atoms with Crippen LogP contribution >= 0.6 is 0 Å². The Morgan fingerprint density at radius 1 is 1.20 bits per heavy atom. The largest absolute Gasteiger partial charge is 0.439 e. The van der Waals surface area contributed by atoms with Gasteiger partial charge in [0.05, 0.1) is 0 Å². The van der Waals surface area contributed by atoms with Gasteiger partial charge in [-0.25, -0.2) is 0 Å². The van der Waals surface area contributed by atoms with Gasteiger partial charge >= 0.3 is 17.8 Å². The molecule has 0 aliphatic heterocycles. The monoisotopic (exact) mass is 295 g/mol. The van der Waals surface area contributed by atoms with Crippen molar-refractivity contribution >= 4 is 46.7 Å². The molecule has 0 heterocycles. The van der Waals surface area contributed by atoms with Gasteiger partial charge in [-0.2, -0.15) is 0 Å². The Labute approximate surface area is 102 Å². The highest BCUT2D eigenvalue weighted by molar-refractivity contribution is 6.77. The van der Waals surface area contributed by atoms with Crippen molar-refractivity contribution in [2.45, 2.75) is 39.3 Å². The molecule has 0 amide bonds. The summed E-state index contributed by atoms with van der Waals surface area (Å²) in [4.78, 5) is 0. The first-order valence-electron chi connectivity index (χ1n) is 4.77. The Bertz CT molecular complexity index is 154. The van der Waals surface area contributed by atoms with Crippen LogP contribution in [0.3, 0.4) is 0 Å². The molecular weight excluding hydrogens is 276 g/mol. The van der Waals surface area contributed by atoms with E-state index in [-0.39, 0.29) is 0 Å². The van der Waals surface area contributed by atoms with Gasteiger partial charge in [0.1, 0.15) is 0 Å². The molecule has 0 saturated carbocycles. The summed E-state index contributed by atoms with van der Waals surface area (Å²) in [7, 11) is -3.68. The lowest BCUT2D eigenvalue weighted by atomic mass is 11.9. The molecule has 0 N–H and O–H groups in total. The van der Waals surface area contributed by atoms with Crippen LogP contribution in [0, 0.1) is 0 Å². The maximum absolute atomic E-state index is 5.88. The number of rotatable bonds is 8. The van der Waals surface area contributed by atoms with Crippen molar-refractivity contribution in [3.8, 4) is 0 Å². The standard InChI is InChI=1S/C6H19O4Si5/c1-11-7-13(3)9-15(5,6)10-14(4)8-12-2/h13H,1-6H3. The van der Waals surface area contributed by atoms with Gasteiger partial charge in [-0.3, -0.25) is 0 Å². The van der Waals surface area contributed by atoms with E-state index in [1.54, 1.807) is 0 Å². The zero-order chi connectivity index (χ0) is 11.9. The van der Waals surface area contributed by atoms with Crippen molar-refractivity contribution in [3.63, 3.8) is 0 Å². The zero-order valence-corrected chi connectivity index (χ0v) is 15.4. The Kier molecular flexibility index (Phi) is 8.58. The maximum Gasteiger partial charge on any atom is 0.360 e. The molecule has 1 atom stereocenters. The van der Waals surface area contributed by atoms with Crippen molar-refractivity contribution < 1.29 is 16.5 Å². The molecule has 0 rings (SSSR count). The molecule has 0 aromatic rings. The molecule has 5 radical (unpaired) electrons. The van der Waals surface area contributed by atoms with Gasteiger partial charge in [0.15, 0.2) is 0 Å². The van der Waals surface area contributed by atoms with Gasteiger partial charge in [0.25, 0.3) is 9.28 Å². The fourth-order valence-corrected chi connectivity index (χ4v) is 11.4. The van der Waals surface area contributed by atoms with E-state index in [0.717, 1.165) is 0 Å². The normalized spacial score (nSPS) is 14.6. The van der Waals surface area contributed by atoms with E-state index < -0.39 is 27.1 Å². The Morgan fingerprint density at radius 2 is 1.80 bits per heavy atom. The topological polar surface area (TPSA) is 36.9 Å². The average Bonchev–Trinajstić information content (AvgIpc) is 2.01. The summed E-state index contributed by atoms with van der Waals surface area (Å²) >= 11 is 0. The molecule has 0 aromatic carbocycles. The summed E-state index contributed by atoms with van der Waals surface area (Å²) in [5.41, 5.74) is 0. The zero-order valence-electron chi connectivity index (χ0n) is 10.2. The second kappa shape index (κ2) is 8.08. The first kappa shape index (κ1) is 15.9. The van der Waals surface area contributed by atoms with E-state index >= 15 is 0 Å². The van der Waals surface area contributed by atoms with Gasteiger partial charge in [-0.1, -0.05) is 0 Å². The highest BCUT2D eigenvalue weighted by Gasteiger charge is 2.31. The van der Waals surface area contributed by atoms with Crippen LogP contribution in [0.4, 0.5) is 0 Å². The van der Waals surface area contributed by atoms with Crippen LogP contribution in [0.1, 0.15) is 0 Å². The van der Waals surface area contributed by atoms with Gasteiger partial charge in [0, 0.05) is 0 Å². The molecule has 0 aliphatic carbocycles. The number of hydrogen-bond donors (Lipinski definition) is 0. The quantitative estimate of drug-likeness (QED) is 0.628. The second-order valence-corrected chi connectivity index (χ2v) is 12.6. The average molecular weight is 296 g/mol. The SMILES string of the molecule is C[Si]O[Si](C)O[Si](C)(C)O[SiH](C)O[Si]C. The van der Waals surface area contributed by atoms with Crippen molar-refractivity contribution in [2.75, 3.05) is 0 Å². The maximum atomic E-state index is 5.88. The summed E-state index contributed by atoms with van der Waals surface area (Å²) in [6.45, 7) is 12.2. The van der Waals surface area contributed by atoms with Crippen LogP contribution in [0.2, 0.25) is 39.3 Å². The molecule has 0 aliphatic rings. The Hall–Kier alpha value is 0.924. The minimum Gasteiger partial charge on any atom is -0.439 e. The fourth-order valence-electron chi connectivity index (χ4n) is 1.12.